The SMILES string of the molecule is Cc1ccc(S(=O)(=O)N2CCOCC2)cc1NC(=O)CNc1ccccc1Cl. The van der Waals surface area contributed by atoms with Gasteiger partial charge in [0.15, 0.2) is 0 Å². The molecule has 0 unspecified atom stereocenters. The highest BCUT2D eigenvalue weighted by atomic mass is 35.5. The third kappa shape index (κ3) is 4.82. The van der Waals surface area contributed by atoms with Crippen LogP contribution in [0.15, 0.2) is 47.4 Å². The second kappa shape index (κ2) is 8.91. The molecular weight excluding hydrogens is 402 g/mol. The molecule has 1 saturated heterocycles. The molecule has 1 aliphatic heterocycles. The molecule has 0 radical (unpaired) electrons. The number of hydrogen-bond acceptors (Lipinski definition) is 5. The third-order valence-corrected chi connectivity index (χ3v) is 6.63. The van der Waals surface area contributed by atoms with E-state index in [1.165, 1.54) is 10.4 Å². The highest BCUT2D eigenvalue weighted by Crippen LogP contribution is 2.24. The van der Waals surface area contributed by atoms with E-state index in [9.17, 15) is 13.2 Å². The van der Waals surface area contributed by atoms with Crippen LogP contribution < -0.4 is 10.6 Å². The molecule has 1 fully saturated rings. The average molecular weight is 424 g/mol. The van der Waals surface area contributed by atoms with Crippen molar-refractivity contribution in [1.29, 1.82) is 0 Å². The standard InChI is InChI=1S/C19H22ClN3O4S/c1-14-6-7-15(28(25,26)23-8-10-27-11-9-23)12-18(14)22-19(24)13-21-17-5-3-2-4-16(17)20/h2-7,12,21H,8-11,13H2,1H3,(H,22,24). The Labute approximate surface area is 169 Å². The minimum Gasteiger partial charge on any atom is -0.379 e. The summed E-state index contributed by atoms with van der Waals surface area (Å²) in [6.07, 6.45) is 0. The molecular formula is C19H22ClN3O4S. The summed E-state index contributed by atoms with van der Waals surface area (Å²) in [6.45, 7) is 3.20. The van der Waals surface area contributed by atoms with E-state index in [4.69, 9.17) is 16.3 Å². The van der Waals surface area contributed by atoms with Gasteiger partial charge in [0.1, 0.15) is 0 Å². The number of carbonyl (C=O) groups excluding carboxylic acids is 1. The summed E-state index contributed by atoms with van der Waals surface area (Å²) in [7, 11) is -3.63. The molecule has 1 amide bonds. The Morgan fingerprint density at radius 3 is 2.57 bits per heavy atom. The fraction of sp³-hybridized carbons (Fsp3) is 0.316. The number of para-hydroxylation sites is 1. The molecule has 2 N–H and O–H groups in total. The van der Waals surface area contributed by atoms with Crippen molar-refractivity contribution in [3.05, 3.63) is 53.1 Å². The van der Waals surface area contributed by atoms with Gasteiger partial charge in [-0.25, -0.2) is 8.42 Å². The smallest absolute Gasteiger partial charge is 0.243 e. The monoisotopic (exact) mass is 423 g/mol. The van der Waals surface area contributed by atoms with E-state index in [0.29, 0.717) is 42.7 Å². The van der Waals surface area contributed by atoms with Crippen LogP contribution in [0.25, 0.3) is 0 Å². The van der Waals surface area contributed by atoms with Crippen LogP contribution in [-0.4, -0.2) is 51.5 Å². The Hall–Kier alpha value is -2.13. The Morgan fingerprint density at radius 2 is 1.86 bits per heavy atom. The molecule has 150 valence electrons. The Balaban J connectivity index is 1.71. The maximum absolute atomic E-state index is 12.8. The summed E-state index contributed by atoms with van der Waals surface area (Å²) >= 11 is 6.06. The minimum atomic E-state index is -3.63. The van der Waals surface area contributed by atoms with Crippen LogP contribution >= 0.6 is 11.6 Å². The molecule has 2 aromatic carbocycles. The summed E-state index contributed by atoms with van der Waals surface area (Å²) in [6, 6.07) is 11.9. The number of hydrogen-bond donors (Lipinski definition) is 2. The molecule has 9 heteroatoms. The second-order valence-corrected chi connectivity index (χ2v) is 8.72. The Bertz CT molecular complexity index is 959. The lowest BCUT2D eigenvalue weighted by atomic mass is 10.2. The van der Waals surface area contributed by atoms with Crippen LogP contribution in [0, 0.1) is 6.92 Å². The molecule has 1 aliphatic rings. The molecule has 2 aromatic rings. The molecule has 28 heavy (non-hydrogen) atoms. The van der Waals surface area contributed by atoms with Gasteiger partial charge in [0, 0.05) is 18.8 Å². The normalized spacial score (nSPS) is 15.2. The largest absolute Gasteiger partial charge is 0.379 e. The number of sulfonamides is 1. The van der Waals surface area contributed by atoms with Gasteiger partial charge in [-0.05, 0) is 36.8 Å². The first-order valence-corrected chi connectivity index (χ1v) is 10.7. The first kappa shape index (κ1) is 20.6. The lowest BCUT2D eigenvalue weighted by molar-refractivity contribution is -0.114. The topological polar surface area (TPSA) is 87.7 Å². The van der Waals surface area contributed by atoms with Gasteiger partial charge >= 0.3 is 0 Å². The van der Waals surface area contributed by atoms with Gasteiger partial charge in [-0.3, -0.25) is 4.79 Å². The molecule has 0 atom stereocenters. The zero-order valence-corrected chi connectivity index (χ0v) is 17.0. The van der Waals surface area contributed by atoms with Crippen molar-refractivity contribution in [2.24, 2.45) is 0 Å². The summed E-state index contributed by atoms with van der Waals surface area (Å²) in [5.41, 5.74) is 1.88. The molecule has 0 aromatic heterocycles. The predicted molar refractivity (Wildman–Crippen MR) is 109 cm³/mol. The Morgan fingerprint density at radius 1 is 1.14 bits per heavy atom. The molecule has 7 nitrogen and oxygen atoms in total. The van der Waals surface area contributed by atoms with Crippen LogP contribution in [0.5, 0.6) is 0 Å². The number of halogens is 1. The van der Waals surface area contributed by atoms with Crippen LogP contribution in [0.4, 0.5) is 11.4 Å². The fourth-order valence-electron chi connectivity index (χ4n) is 2.81. The fourth-order valence-corrected chi connectivity index (χ4v) is 4.44. The average Bonchev–Trinajstić information content (AvgIpc) is 2.69. The van der Waals surface area contributed by atoms with Crippen molar-refractivity contribution in [3.8, 4) is 0 Å². The number of rotatable bonds is 6. The van der Waals surface area contributed by atoms with E-state index in [1.807, 2.05) is 13.0 Å². The molecule has 0 saturated carbocycles. The lowest BCUT2D eigenvalue weighted by Gasteiger charge is -2.26. The number of benzene rings is 2. The number of anilines is 2. The van der Waals surface area contributed by atoms with E-state index < -0.39 is 10.0 Å². The quantitative estimate of drug-likeness (QED) is 0.745. The summed E-state index contributed by atoms with van der Waals surface area (Å²) in [5, 5.41) is 6.25. The lowest BCUT2D eigenvalue weighted by Crippen LogP contribution is -2.40. The van der Waals surface area contributed by atoms with Crippen LogP contribution in [0.2, 0.25) is 5.02 Å². The van der Waals surface area contributed by atoms with Gasteiger partial charge < -0.3 is 15.4 Å². The molecule has 1 heterocycles. The molecule has 3 rings (SSSR count). The van der Waals surface area contributed by atoms with Gasteiger partial charge in [-0.1, -0.05) is 29.8 Å². The Kier molecular flexibility index (Phi) is 6.56. The number of nitrogens with one attached hydrogen (secondary N) is 2. The number of carbonyl (C=O) groups is 1. The van der Waals surface area contributed by atoms with Crippen LogP contribution in [0.1, 0.15) is 5.56 Å². The van der Waals surface area contributed by atoms with E-state index in [1.54, 1.807) is 30.3 Å². The summed E-state index contributed by atoms with van der Waals surface area (Å²) in [4.78, 5) is 12.5. The van der Waals surface area contributed by atoms with Crippen molar-refractivity contribution in [1.82, 2.24) is 4.31 Å². The molecule has 0 aliphatic carbocycles. The van der Waals surface area contributed by atoms with Crippen LogP contribution in [-0.2, 0) is 19.6 Å². The zero-order valence-electron chi connectivity index (χ0n) is 15.4. The minimum absolute atomic E-state index is 0.00359. The van der Waals surface area contributed by atoms with Gasteiger partial charge in [0.05, 0.1) is 35.4 Å². The van der Waals surface area contributed by atoms with E-state index >= 15 is 0 Å². The van der Waals surface area contributed by atoms with Crippen LogP contribution in [0.3, 0.4) is 0 Å². The molecule has 0 spiro atoms. The van der Waals surface area contributed by atoms with E-state index in [0.717, 1.165) is 5.56 Å². The van der Waals surface area contributed by atoms with E-state index in [-0.39, 0.29) is 17.3 Å². The third-order valence-electron chi connectivity index (χ3n) is 4.40. The van der Waals surface area contributed by atoms with Gasteiger partial charge in [-0.15, -0.1) is 0 Å². The first-order chi connectivity index (χ1) is 13.4. The van der Waals surface area contributed by atoms with Gasteiger partial charge in [-0.2, -0.15) is 4.31 Å². The number of aryl methyl sites for hydroxylation is 1. The summed E-state index contributed by atoms with van der Waals surface area (Å²) in [5.74, 6) is -0.302. The number of nitrogens with zero attached hydrogens (tertiary/aromatic N) is 1. The molecule has 0 bridgehead atoms. The zero-order chi connectivity index (χ0) is 20.1. The highest BCUT2D eigenvalue weighted by Gasteiger charge is 2.26. The number of ether oxygens (including phenoxy) is 1. The van der Waals surface area contributed by atoms with Crippen molar-refractivity contribution in [2.75, 3.05) is 43.5 Å². The number of amides is 1. The van der Waals surface area contributed by atoms with E-state index in [2.05, 4.69) is 10.6 Å². The van der Waals surface area contributed by atoms with Gasteiger partial charge in [0.25, 0.3) is 0 Å². The first-order valence-electron chi connectivity index (χ1n) is 8.85. The van der Waals surface area contributed by atoms with Crippen molar-refractivity contribution in [3.63, 3.8) is 0 Å². The summed E-state index contributed by atoms with van der Waals surface area (Å²) < 4.78 is 32.2. The van der Waals surface area contributed by atoms with Gasteiger partial charge in [0.2, 0.25) is 15.9 Å². The van der Waals surface area contributed by atoms with Crippen molar-refractivity contribution >= 4 is 38.9 Å². The maximum atomic E-state index is 12.8. The van der Waals surface area contributed by atoms with Crippen molar-refractivity contribution in [2.45, 2.75) is 11.8 Å². The predicted octanol–water partition coefficient (Wildman–Crippen LogP) is 2.72. The second-order valence-electron chi connectivity index (χ2n) is 6.37. The maximum Gasteiger partial charge on any atom is 0.243 e. The number of morpholine rings is 1. The van der Waals surface area contributed by atoms with Crippen molar-refractivity contribution < 1.29 is 17.9 Å². The highest BCUT2D eigenvalue weighted by molar-refractivity contribution is 7.89.